The summed E-state index contributed by atoms with van der Waals surface area (Å²) in [6, 6.07) is 4.00. The van der Waals surface area contributed by atoms with Gasteiger partial charge in [-0.3, -0.25) is 4.79 Å². The molecule has 0 fully saturated rings. The van der Waals surface area contributed by atoms with Gasteiger partial charge in [0.25, 0.3) is 0 Å². The summed E-state index contributed by atoms with van der Waals surface area (Å²) in [5.41, 5.74) is 9.62. The lowest BCUT2D eigenvalue weighted by molar-refractivity contribution is -0.128. The maximum absolute atomic E-state index is 11.8. The molecule has 1 rings (SSSR count). The second-order valence-corrected chi connectivity index (χ2v) is 5.51. The first-order chi connectivity index (χ1) is 7.73. The van der Waals surface area contributed by atoms with Crippen LogP contribution >= 0.6 is 0 Å². The van der Waals surface area contributed by atoms with E-state index in [1.54, 1.807) is 0 Å². The van der Waals surface area contributed by atoms with Crippen LogP contribution in [0.25, 0.3) is 0 Å². The van der Waals surface area contributed by atoms with Crippen molar-refractivity contribution in [2.24, 2.45) is 5.41 Å². The summed E-state index contributed by atoms with van der Waals surface area (Å²) in [6.07, 6.45) is 0. The van der Waals surface area contributed by atoms with E-state index in [1.165, 1.54) is 0 Å². The topological polar surface area (TPSA) is 55.1 Å². The maximum atomic E-state index is 11.8. The van der Waals surface area contributed by atoms with Gasteiger partial charge in [0.05, 0.1) is 0 Å². The number of amides is 1. The van der Waals surface area contributed by atoms with Gasteiger partial charge in [0.15, 0.2) is 0 Å². The minimum atomic E-state index is -0.357. The average Bonchev–Trinajstić information content (AvgIpc) is 2.23. The van der Waals surface area contributed by atoms with Gasteiger partial charge >= 0.3 is 0 Å². The molecular formula is C14H22N2O. The number of carbonyl (C=O) groups excluding carboxylic acids is 1. The van der Waals surface area contributed by atoms with Crippen LogP contribution in [0.1, 0.15) is 37.5 Å². The molecule has 1 aromatic rings. The number of rotatable bonds is 2. The fourth-order valence-electron chi connectivity index (χ4n) is 1.54. The Morgan fingerprint density at radius 1 is 1.29 bits per heavy atom. The van der Waals surface area contributed by atoms with Gasteiger partial charge in [0.2, 0.25) is 5.91 Å². The van der Waals surface area contributed by atoms with Crippen LogP contribution < -0.4 is 11.1 Å². The zero-order chi connectivity index (χ0) is 13.2. The van der Waals surface area contributed by atoms with Gasteiger partial charge in [0, 0.05) is 17.6 Å². The van der Waals surface area contributed by atoms with E-state index in [9.17, 15) is 4.79 Å². The lowest BCUT2D eigenvalue weighted by Gasteiger charge is -2.18. The van der Waals surface area contributed by atoms with Crippen molar-refractivity contribution in [2.45, 2.75) is 41.2 Å². The number of hydrogen-bond acceptors (Lipinski definition) is 2. The summed E-state index contributed by atoms with van der Waals surface area (Å²) >= 11 is 0. The molecule has 1 aromatic carbocycles. The Bertz CT molecular complexity index is 431. The van der Waals surface area contributed by atoms with Gasteiger partial charge in [-0.15, -0.1) is 0 Å². The van der Waals surface area contributed by atoms with Crippen molar-refractivity contribution in [3.8, 4) is 0 Å². The summed E-state index contributed by atoms with van der Waals surface area (Å²) in [4.78, 5) is 11.8. The first-order valence-corrected chi connectivity index (χ1v) is 5.86. The molecule has 0 atom stereocenters. The predicted molar refractivity (Wildman–Crippen MR) is 71.6 cm³/mol. The fourth-order valence-corrected chi connectivity index (χ4v) is 1.54. The van der Waals surface area contributed by atoms with Crippen molar-refractivity contribution in [1.29, 1.82) is 0 Å². The molecule has 0 aliphatic heterocycles. The molecule has 0 aromatic heterocycles. The number of nitrogen functional groups attached to an aromatic ring is 1. The molecule has 0 saturated carbocycles. The molecular weight excluding hydrogens is 212 g/mol. The van der Waals surface area contributed by atoms with Crippen molar-refractivity contribution < 1.29 is 4.79 Å². The van der Waals surface area contributed by atoms with Crippen LogP contribution in [0.15, 0.2) is 12.1 Å². The van der Waals surface area contributed by atoms with Gasteiger partial charge in [0.1, 0.15) is 0 Å². The maximum Gasteiger partial charge on any atom is 0.225 e. The summed E-state index contributed by atoms with van der Waals surface area (Å²) < 4.78 is 0. The van der Waals surface area contributed by atoms with E-state index in [-0.39, 0.29) is 11.3 Å². The Balaban J connectivity index is 2.78. The summed E-state index contributed by atoms with van der Waals surface area (Å²) in [6.45, 7) is 10.2. The highest BCUT2D eigenvalue weighted by Crippen LogP contribution is 2.20. The van der Waals surface area contributed by atoms with Crippen LogP contribution in [0.3, 0.4) is 0 Å². The van der Waals surface area contributed by atoms with E-state index < -0.39 is 0 Å². The Kier molecular flexibility index (Phi) is 3.81. The molecule has 94 valence electrons. The minimum absolute atomic E-state index is 0.0519. The van der Waals surface area contributed by atoms with Crippen LogP contribution in [0, 0.1) is 19.3 Å². The lowest BCUT2D eigenvalue weighted by atomic mass is 9.95. The van der Waals surface area contributed by atoms with E-state index in [1.807, 2.05) is 46.8 Å². The predicted octanol–water partition coefficient (Wildman–Crippen LogP) is 2.55. The molecule has 3 N–H and O–H groups in total. The first kappa shape index (κ1) is 13.6. The molecule has 0 aliphatic carbocycles. The van der Waals surface area contributed by atoms with E-state index in [0.717, 1.165) is 22.4 Å². The molecule has 0 unspecified atom stereocenters. The van der Waals surface area contributed by atoms with Gasteiger partial charge in [-0.05, 0) is 30.5 Å². The number of aryl methyl sites for hydroxylation is 1. The van der Waals surface area contributed by atoms with E-state index in [2.05, 4.69) is 5.32 Å². The highest BCUT2D eigenvalue weighted by Gasteiger charge is 2.20. The molecule has 0 saturated heterocycles. The second-order valence-electron chi connectivity index (χ2n) is 5.51. The molecule has 17 heavy (non-hydrogen) atoms. The standard InChI is InChI=1S/C14H22N2O/c1-9-6-7-11(10(2)12(9)15)8-16-13(17)14(3,4)5/h6-7H,8,15H2,1-5H3,(H,16,17). The number of carbonyl (C=O) groups is 1. The SMILES string of the molecule is Cc1ccc(CNC(=O)C(C)(C)C)c(C)c1N. The summed E-state index contributed by atoms with van der Waals surface area (Å²) in [5.74, 6) is 0.0519. The zero-order valence-corrected chi connectivity index (χ0v) is 11.3. The first-order valence-electron chi connectivity index (χ1n) is 5.86. The van der Waals surface area contributed by atoms with E-state index >= 15 is 0 Å². The number of hydrogen-bond donors (Lipinski definition) is 2. The molecule has 0 radical (unpaired) electrons. The smallest absolute Gasteiger partial charge is 0.225 e. The second kappa shape index (κ2) is 4.78. The Morgan fingerprint density at radius 3 is 2.41 bits per heavy atom. The fraction of sp³-hybridized carbons (Fsp3) is 0.500. The van der Waals surface area contributed by atoms with Gasteiger partial charge in [-0.1, -0.05) is 32.9 Å². The van der Waals surface area contributed by atoms with Crippen LogP contribution in [-0.4, -0.2) is 5.91 Å². The Morgan fingerprint density at radius 2 is 1.88 bits per heavy atom. The third-order valence-corrected chi connectivity index (χ3v) is 2.97. The largest absolute Gasteiger partial charge is 0.398 e. The van der Waals surface area contributed by atoms with Crippen molar-refractivity contribution in [1.82, 2.24) is 5.32 Å². The highest BCUT2D eigenvalue weighted by molar-refractivity contribution is 5.81. The highest BCUT2D eigenvalue weighted by atomic mass is 16.2. The van der Waals surface area contributed by atoms with Gasteiger partial charge < -0.3 is 11.1 Å². The van der Waals surface area contributed by atoms with Crippen molar-refractivity contribution in [2.75, 3.05) is 5.73 Å². The molecule has 0 spiro atoms. The van der Waals surface area contributed by atoms with Crippen molar-refractivity contribution in [3.05, 3.63) is 28.8 Å². The Labute approximate surface area is 103 Å². The average molecular weight is 234 g/mol. The van der Waals surface area contributed by atoms with Crippen LogP contribution in [-0.2, 0) is 11.3 Å². The van der Waals surface area contributed by atoms with Crippen LogP contribution in [0.4, 0.5) is 5.69 Å². The number of anilines is 1. The van der Waals surface area contributed by atoms with Gasteiger partial charge in [-0.2, -0.15) is 0 Å². The van der Waals surface area contributed by atoms with Crippen LogP contribution in [0.5, 0.6) is 0 Å². The zero-order valence-electron chi connectivity index (χ0n) is 11.3. The number of benzene rings is 1. The molecule has 3 nitrogen and oxygen atoms in total. The third kappa shape index (κ3) is 3.22. The van der Waals surface area contributed by atoms with Crippen molar-refractivity contribution >= 4 is 11.6 Å². The lowest BCUT2D eigenvalue weighted by Crippen LogP contribution is -2.34. The Hall–Kier alpha value is -1.51. The monoisotopic (exact) mass is 234 g/mol. The van der Waals surface area contributed by atoms with Crippen LogP contribution in [0.2, 0.25) is 0 Å². The molecule has 3 heteroatoms. The van der Waals surface area contributed by atoms with Gasteiger partial charge in [-0.25, -0.2) is 0 Å². The molecule has 0 aliphatic rings. The molecule has 1 amide bonds. The number of nitrogens with one attached hydrogen (secondary N) is 1. The van der Waals surface area contributed by atoms with Crippen molar-refractivity contribution in [3.63, 3.8) is 0 Å². The minimum Gasteiger partial charge on any atom is -0.398 e. The molecule has 0 heterocycles. The quantitative estimate of drug-likeness (QED) is 0.773. The number of nitrogens with two attached hydrogens (primary N) is 1. The van der Waals surface area contributed by atoms with E-state index in [0.29, 0.717) is 6.54 Å². The summed E-state index contributed by atoms with van der Waals surface area (Å²) in [5, 5.41) is 2.93. The third-order valence-electron chi connectivity index (χ3n) is 2.97. The summed E-state index contributed by atoms with van der Waals surface area (Å²) in [7, 11) is 0. The van der Waals surface area contributed by atoms with E-state index in [4.69, 9.17) is 5.73 Å². The molecule has 0 bridgehead atoms. The normalized spacial score (nSPS) is 11.4.